The summed E-state index contributed by atoms with van der Waals surface area (Å²) < 4.78 is 4.96. The Kier molecular flexibility index (Phi) is 5.43. The predicted molar refractivity (Wildman–Crippen MR) is 89.3 cm³/mol. The van der Waals surface area contributed by atoms with Gasteiger partial charge in [0.2, 0.25) is 0 Å². The molecule has 0 bridgehead atoms. The van der Waals surface area contributed by atoms with E-state index in [1.807, 2.05) is 0 Å². The summed E-state index contributed by atoms with van der Waals surface area (Å²) in [5.74, 6) is 1.19. The summed E-state index contributed by atoms with van der Waals surface area (Å²) in [5, 5.41) is 12.7. The highest BCUT2D eigenvalue weighted by molar-refractivity contribution is 5.74. The Morgan fingerprint density at radius 1 is 1.38 bits per heavy atom. The maximum Gasteiger partial charge on any atom is 0.315 e. The van der Waals surface area contributed by atoms with Gasteiger partial charge in [-0.1, -0.05) is 24.3 Å². The third-order valence-corrected chi connectivity index (χ3v) is 4.19. The van der Waals surface area contributed by atoms with Crippen LogP contribution in [0.1, 0.15) is 35.6 Å². The van der Waals surface area contributed by atoms with Crippen LogP contribution in [0, 0.1) is 0 Å². The largest absolute Gasteiger partial charge is 0.377 e. The smallest absolute Gasteiger partial charge is 0.315 e. The number of carbonyl (C=O) groups excluding carboxylic acids is 1. The number of hydrogen-bond acceptors (Lipinski definition) is 4. The highest BCUT2D eigenvalue weighted by Gasteiger charge is 2.18. The van der Waals surface area contributed by atoms with Gasteiger partial charge in [-0.05, 0) is 36.8 Å². The highest BCUT2D eigenvalue weighted by Crippen LogP contribution is 2.20. The molecule has 2 aromatic rings. The molecular formula is C17H23N5O2. The van der Waals surface area contributed by atoms with E-state index in [9.17, 15) is 4.79 Å². The molecule has 0 fully saturated rings. The Labute approximate surface area is 141 Å². The number of carbonyl (C=O) groups is 1. The van der Waals surface area contributed by atoms with Gasteiger partial charge in [-0.25, -0.2) is 9.78 Å². The average Bonchev–Trinajstić information content (AvgIpc) is 2.92. The second-order valence-electron chi connectivity index (χ2n) is 6.02. The summed E-state index contributed by atoms with van der Waals surface area (Å²) in [6.45, 7) is 0.663. The number of H-pyrrole nitrogens is 1. The lowest BCUT2D eigenvalue weighted by atomic mass is 10.0. The number of amides is 2. The first-order valence-electron chi connectivity index (χ1n) is 8.25. The molecule has 2 amide bonds. The molecule has 0 unspecified atom stereocenters. The van der Waals surface area contributed by atoms with Gasteiger partial charge in [0.1, 0.15) is 12.4 Å². The van der Waals surface area contributed by atoms with Crippen molar-refractivity contribution >= 4 is 6.03 Å². The Morgan fingerprint density at radius 3 is 3.04 bits per heavy atom. The molecule has 3 rings (SSSR count). The highest BCUT2D eigenvalue weighted by atomic mass is 16.5. The maximum atomic E-state index is 12.1. The molecule has 0 radical (unpaired) electrons. The van der Waals surface area contributed by atoms with Gasteiger partial charge in [-0.2, -0.15) is 5.10 Å². The first kappa shape index (κ1) is 16.4. The van der Waals surface area contributed by atoms with E-state index in [4.69, 9.17) is 4.74 Å². The minimum atomic E-state index is -0.177. The SMILES string of the molecule is COCc1n[nH]c(CNC(=O)N[C@H]2CCCc3ccccc3C2)n1. The molecule has 0 saturated carbocycles. The van der Waals surface area contributed by atoms with Gasteiger partial charge in [-0.15, -0.1) is 0 Å². The molecule has 7 heteroatoms. The van der Waals surface area contributed by atoms with Gasteiger partial charge >= 0.3 is 6.03 Å². The van der Waals surface area contributed by atoms with E-state index in [2.05, 4.69) is 50.1 Å². The first-order valence-corrected chi connectivity index (χ1v) is 8.25. The van der Waals surface area contributed by atoms with Crippen LogP contribution in [0.2, 0.25) is 0 Å². The number of aryl methyl sites for hydroxylation is 1. The number of aromatic nitrogens is 3. The molecule has 0 saturated heterocycles. The Bertz CT molecular complexity index is 685. The number of nitrogens with one attached hydrogen (secondary N) is 3. The first-order chi connectivity index (χ1) is 11.7. The fraction of sp³-hybridized carbons (Fsp3) is 0.471. The van der Waals surface area contributed by atoms with Crippen molar-refractivity contribution in [3.63, 3.8) is 0 Å². The number of hydrogen-bond donors (Lipinski definition) is 3. The summed E-state index contributed by atoms with van der Waals surface area (Å²) in [6.07, 6.45) is 4.03. The third-order valence-electron chi connectivity index (χ3n) is 4.19. The van der Waals surface area contributed by atoms with Crippen molar-refractivity contribution in [1.29, 1.82) is 0 Å². The normalized spacial score (nSPS) is 17.0. The zero-order chi connectivity index (χ0) is 16.8. The number of nitrogens with zero attached hydrogens (tertiary/aromatic N) is 2. The molecule has 7 nitrogen and oxygen atoms in total. The maximum absolute atomic E-state index is 12.1. The molecule has 24 heavy (non-hydrogen) atoms. The third kappa shape index (κ3) is 4.32. The van der Waals surface area contributed by atoms with Crippen LogP contribution in [0.3, 0.4) is 0 Å². The van der Waals surface area contributed by atoms with Gasteiger partial charge in [0.15, 0.2) is 5.82 Å². The Balaban J connectivity index is 1.49. The second kappa shape index (κ2) is 7.92. The number of rotatable bonds is 5. The number of ether oxygens (including phenoxy) is 1. The zero-order valence-electron chi connectivity index (χ0n) is 13.8. The number of fused-ring (bicyclic) bond motifs is 1. The molecule has 128 valence electrons. The lowest BCUT2D eigenvalue weighted by Crippen LogP contribution is -2.42. The molecule has 0 spiro atoms. The summed E-state index contributed by atoms with van der Waals surface area (Å²) >= 11 is 0. The molecule has 0 aliphatic heterocycles. The molecule has 1 aliphatic rings. The lowest BCUT2D eigenvalue weighted by Gasteiger charge is -2.17. The van der Waals surface area contributed by atoms with E-state index in [0.717, 1.165) is 25.7 Å². The summed E-state index contributed by atoms with van der Waals surface area (Å²) in [5.41, 5.74) is 2.73. The number of methoxy groups -OCH3 is 1. The van der Waals surface area contributed by atoms with Crippen LogP contribution in [-0.2, 0) is 30.7 Å². The molecule has 3 N–H and O–H groups in total. The number of benzene rings is 1. The standard InChI is InChI=1S/C17H23N5O2/c1-24-11-16-20-15(21-22-16)10-18-17(23)19-14-8-4-7-12-5-2-3-6-13(12)9-14/h2-3,5-6,14H,4,7-11H2,1H3,(H2,18,19,23)(H,20,21,22)/t14-/m0/s1. The van der Waals surface area contributed by atoms with Crippen molar-refractivity contribution in [3.8, 4) is 0 Å². The topological polar surface area (TPSA) is 91.9 Å². The Hall–Kier alpha value is -2.41. The zero-order valence-corrected chi connectivity index (χ0v) is 13.8. The van der Waals surface area contributed by atoms with Crippen LogP contribution in [0.5, 0.6) is 0 Å². The minimum Gasteiger partial charge on any atom is -0.377 e. The number of urea groups is 1. The van der Waals surface area contributed by atoms with Crippen molar-refractivity contribution in [3.05, 3.63) is 47.0 Å². The molecular weight excluding hydrogens is 306 g/mol. The van der Waals surface area contributed by atoms with Crippen LogP contribution in [-0.4, -0.2) is 34.4 Å². The molecule has 1 aromatic heterocycles. The fourth-order valence-corrected chi connectivity index (χ4v) is 3.04. The predicted octanol–water partition coefficient (Wildman–Crippen LogP) is 1.70. The van der Waals surface area contributed by atoms with Crippen LogP contribution < -0.4 is 10.6 Å². The van der Waals surface area contributed by atoms with Gasteiger partial charge < -0.3 is 15.4 Å². The van der Waals surface area contributed by atoms with Gasteiger partial charge in [0.25, 0.3) is 0 Å². The van der Waals surface area contributed by atoms with Gasteiger partial charge in [0.05, 0.1) is 6.54 Å². The fourth-order valence-electron chi connectivity index (χ4n) is 3.04. The van der Waals surface area contributed by atoms with Crippen molar-refractivity contribution in [2.24, 2.45) is 0 Å². The monoisotopic (exact) mass is 329 g/mol. The molecule has 1 aliphatic carbocycles. The minimum absolute atomic E-state index is 0.160. The Morgan fingerprint density at radius 2 is 2.21 bits per heavy atom. The van der Waals surface area contributed by atoms with E-state index >= 15 is 0 Å². The van der Waals surface area contributed by atoms with E-state index in [-0.39, 0.29) is 12.1 Å². The van der Waals surface area contributed by atoms with Crippen molar-refractivity contribution < 1.29 is 9.53 Å². The second-order valence-corrected chi connectivity index (χ2v) is 6.02. The van der Waals surface area contributed by atoms with E-state index < -0.39 is 0 Å². The van der Waals surface area contributed by atoms with Gasteiger partial charge in [-0.3, -0.25) is 5.10 Å². The van der Waals surface area contributed by atoms with Crippen LogP contribution in [0.15, 0.2) is 24.3 Å². The van der Waals surface area contributed by atoms with Gasteiger partial charge in [0, 0.05) is 13.2 Å². The quantitative estimate of drug-likeness (QED) is 0.728. The lowest BCUT2D eigenvalue weighted by molar-refractivity contribution is 0.178. The average molecular weight is 329 g/mol. The van der Waals surface area contributed by atoms with E-state index in [1.54, 1.807) is 7.11 Å². The van der Waals surface area contributed by atoms with Crippen molar-refractivity contribution in [1.82, 2.24) is 25.8 Å². The summed E-state index contributed by atoms with van der Waals surface area (Å²) in [4.78, 5) is 16.4. The molecule has 1 atom stereocenters. The van der Waals surface area contributed by atoms with E-state index in [1.165, 1.54) is 11.1 Å². The van der Waals surface area contributed by atoms with E-state index in [0.29, 0.717) is 24.8 Å². The van der Waals surface area contributed by atoms with Crippen LogP contribution >= 0.6 is 0 Å². The summed E-state index contributed by atoms with van der Waals surface area (Å²) in [7, 11) is 1.59. The van der Waals surface area contributed by atoms with Crippen LogP contribution in [0.4, 0.5) is 4.79 Å². The molecule has 1 heterocycles. The van der Waals surface area contributed by atoms with Crippen molar-refractivity contribution in [2.45, 2.75) is 44.9 Å². The van der Waals surface area contributed by atoms with Crippen molar-refractivity contribution in [2.75, 3.05) is 7.11 Å². The summed E-state index contributed by atoms with van der Waals surface area (Å²) in [6, 6.07) is 8.45. The number of aromatic amines is 1. The van der Waals surface area contributed by atoms with Crippen LogP contribution in [0.25, 0.3) is 0 Å². The molecule has 1 aromatic carbocycles.